The quantitative estimate of drug-likeness (QED) is 0.533. The highest BCUT2D eigenvalue weighted by atomic mass is 16.5. The monoisotopic (exact) mass is 362 g/mol. The molecule has 0 radical (unpaired) electrons. The van der Waals surface area contributed by atoms with E-state index in [1.54, 1.807) is 50.4 Å². The van der Waals surface area contributed by atoms with Gasteiger partial charge in [-0.05, 0) is 48.9 Å². The summed E-state index contributed by atoms with van der Waals surface area (Å²) in [5, 5.41) is 0. The minimum atomic E-state index is -0.627. The van der Waals surface area contributed by atoms with E-state index < -0.39 is 6.10 Å². The summed E-state index contributed by atoms with van der Waals surface area (Å²) < 4.78 is 16.8. The first kappa shape index (κ1) is 18.5. The average Bonchev–Trinajstić information content (AvgIpc) is 2.73. The summed E-state index contributed by atoms with van der Waals surface area (Å²) in [6, 6.07) is 24.3. The Bertz CT molecular complexity index is 872. The SMILES string of the molecule is COc1ccccc1O[C@@H](C)C(=O)c1ccc(OCc2ccccc2)cc1. The van der Waals surface area contributed by atoms with Gasteiger partial charge >= 0.3 is 0 Å². The molecule has 0 heterocycles. The molecule has 0 aromatic heterocycles. The third kappa shape index (κ3) is 4.88. The normalized spacial score (nSPS) is 11.5. The minimum Gasteiger partial charge on any atom is -0.493 e. The first-order valence-corrected chi connectivity index (χ1v) is 8.78. The van der Waals surface area contributed by atoms with Crippen molar-refractivity contribution in [3.05, 3.63) is 90.0 Å². The van der Waals surface area contributed by atoms with Crippen molar-refractivity contribution in [2.75, 3.05) is 7.11 Å². The van der Waals surface area contributed by atoms with Crippen LogP contribution in [0.5, 0.6) is 17.2 Å². The highest BCUT2D eigenvalue weighted by Gasteiger charge is 2.18. The van der Waals surface area contributed by atoms with Crippen LogP contribution in [0.15, 0.2) is 78.9 Å². The number of Topliss-reactive ketones (excluding diaryl/α,β-unsaturated/α-hetero) is 1. The number of methoxy groups -OCH3 is 1. The average molecular weight is 362 g/mol. The van der Waals surface area contributed by atoms with Gasteiger partial charge in [0.1, 0.15) is 12.4 Å². The predicted molar refractivity (Wildman–Crippen MR) is 105 cm³/mol. The third-order valence-corrected chi connectivity index (χ3v) is 4.13. The molecule has 0 fully saturated rings. The molecule has 0 aliphatic carbocycles. The van der Waals surface area contributed by atoms with E-state index in [1.165, 1.54) is 0 Å². The largest absolute Gasteiger partial charge is 0.493 e. The lowest BCUT2D eigenvalue weighted by atomic mass is 10.1. The molecule has 0 bridgehead atoms. The van der Waals surface area contributed by atoms with Gasteiger partial charge in [-0.25, -0.2) is 0 Å². The number of carbonyl (C=O) groups excluding carboxylic acids is 1. The van der Waals surface area contributed by atoms with Gasteiger partial charge in [-0.1, -0.05) is 42.5 Å². The van der Waals surface area contributed by atoms with Crippen molar-refractivity contribution >= 4 is 5.78 Å². The van der Waals surface area contributed by atoms with Crippen molar-refractivity contribution in [2.45, 2.75) is 19.6 Å². The fourth-order valence-corrected chi connectivity index (χ4v) is 2.65. The lowest BCUT2D eigenvalue weighted by Gasteiger charge is -2.16. The summed E-state index contributed by atoms with van der Waals surface area (Å²) in [5.41, 5.74) is 1.67. The number of hydrogen-bond acceptors (Lipinski definition) is 4. The second kappa shape index (κ2) is 8.90. The Balaban J connectivity index is 1.61. The first-order valence-electron chi connectivity index (χ1n) is 8.78. The van der Waals surface area contributed by atoms with Gasteiger partial charge in [0.2, 0.25) is 5.78 Å². The van der Waals surface area contributed by atoms with Crippen molar-refractivity contribution in [1.29, 1.82) is 0 Å². The van der Waals surface area contributed by atoms with E-state index in [0.717, 1.165) is 5.56 Å². The Morgan fingerprint density at radius 3 is 2.15 bits per heavy atom. The molecule has 0 aliphatic rings. The zero-order chi connectivity index (χ0) is 19.1. The van der Waals surface area contributed by atoms with Crippen LogP contribution in [-0.2, 0) is 6.61 Å². The molecular weight excluding hydrogens is 340 g/mol. The van der Waals surface area contributed by atoms with E-state index in [0.29, 0.717) is 29.4 Å². The lowest BCUT2D eigenvalue weighted by molar-refractivity contribution is 0.0814. The molecule has 1 atom stereocenters. The van der Waals surface area contributed by atoms with E-state index in [-0.39, 0.29) is 5.78 Å². The molecule has 0 saturated carbocycles. The van der Waals surface area contributed by atoms with Crippen LogP contribution < -0.4 is 14.2 Å². The Morgan fingerprint density at radius 1 is 0.852 bits per heavy atom. The molecule has 4 heteroatoms. The molecule has 3 aromatic carbocycles. The van der Waals surface area contributed by atoms with E-state index >= 15 is 0 Å². The summed E-state index contributed by atoms with van der Waals surface area (Å²) in [5.74, 6) is 1.76. The Hall–Kier alpha value is -3.27. The summed E-state index contributed by atoms with van der Waals surface area (Å²) in [7, 11) is 1.57. The summed E-state index contributed by atoms with van der Waals surface area (Å²) >= 11 is 0. The standard InChI is InChI=1S/C23H22O4/c1-17(27-22-11-7-6-10-21(22)25-2)23(24)19-12-14-20(15-13-19)26-16-18-8-4-3-5-9-18/h3-15,17H,16H2,1-2H3/t17-/m0/s1. The van der Waals surface area contributed by atoms with Crippen molar-refractivity contribution < 1.29 is 19.0 Å². The van der Waals surface area contributed by atoms with Crippen LogP contribution in [0.2, 0.25) is 0 Å². The molecule has 0 N–H and O–H groups in total. The van der Waals surface area contributed by atoms with Crippen LogP contribution in [0.3, 0.4) is 0 Å². The smallest absolute Gasteiger partial charge is 0.203 e. The number of ether oxygens (including phenoxy) is 3. The second-order valence-corrected chi connectivity index (χ2v) is 6.07. The van der Waals surface area contributed by atoms with Crippen molar-refractivity contribution in [2.24, 2.45) is 0 Å². The fraction of sp³-hybridized carbons (Fsp3) is 0.174. The number of hydrogen-bond donors (Lipinski definition) is 0. The molecule has 0 saturated heterocycles. The maximum absolute atomic E-state index is 12.6. The molecule has 27 heavy (non-hydrogen) atoms. The van der Waals surface area contributed by atoms with Crippen LogP contribution in [0.25, 0.3) is 0 Å². The van der Waals surface area contributed by atoms with E-state index in [4.69, 9.17) is 14.2 Å². The zero-order valence-corrected chi connectivity index (χ0v) is 15.4. The molecule has 3 aromatic rings. The van der Waals surface area contributed by atoms with Gasteiger partial charge in [0.15, 0.2) is 17.6 Å². The summed E-state index contributed by atoms with van der Waals surface area (Å²) in [4.78, 5) is 12.6. The third-order valence-electron chi connectivity index (χ3n) is 4.13. The van der Waals surface area contributed by atoms with Gasteiger partial charge in [0, 0.05) is 5.56 Å². The van der Waals surface area contributed by atoms with Gasteiger partial charge in [0.05, 0.1) is 7.11 Å². The number of para-hydroxylation sites is 2. The number of ketones is 1. The minimum absolute atomic E-state index is 0.101. The van der Waals surface area contributed by atoms with Crippen molar-refractivity contribution in [3.8, 4) is 17.2 Å². The van der Waals surface area contributed by atoms with E-state index in [1.807, 2.05) is 42.5 Å². The van der Waals surface area contributed by atoms with Crippen LogP contribution >= 0.6 is 0 Å². The molecular formula is C23H22O4. The van der Waals surface area contributed by atoms with Crippen LogP contribution in [-0.4, -0.2) is 19.0 Å². The highest BCUT2D eigenvalue weighted by Crippen LogP contribution is 2.27. The fourth-order valence-electron chi connectivity index (χ4n) is 2.65. The molecule has 0 spiro atoms. The molecule has 0 aliphatic heterocycles. The topological polar surface area (TPSA) is 44.8 Å². The van der Waals surface area contributed by atoms with E-state index in [2.05, 4.69) is 0 Å². The Labute approximate surface area is 159 Å². The maximum atomic E-state index is 12.6. The number of benzene rings is 3. The van der Waals surface area contributed by atoms with Crippen molar-refractivity contribution in [1.82, 2.24) is 0 Å². The molecule has 0 unspecified atom stereocenters. The molecule has 3 rings (SSSR count). The van der Waals surface area contributed by atoms with Gasteiger partial charge in [-0.3, -0.25) is 4.79 Å². The molecule has 4 nitrogen and oxygen atoms in total. The van der Waals surface area contributed by atoms with Gasteiger partial charge in [0.25, 0.3) is 0 Å². The van der Waals surface area contributed by atoms with Gasteiger partial charge in [-0.15, -0.1) is 0 Å². The Kier molecular flexibility index (Phi) is 6.10. The molecule has 0 amide bonds. The van der Waals surface area contributed by atoms with Gasteiger partial charge < -0.3 is 14.2 Å². The summed E-state index contributed by atoms with van der Waals surface area (Å²) in [6.45, 7) is 2.22. The highest BCUT2D eigenvalue weighted by molar-refractivity contribution is 5.99. The molecule has 138 valence electrons. The van der Waals surface area contributed by atoms with Crippen molar-refractivity contribution in [3.63, 3.8) is 0 Å². The lowest BCUT2D eigenvalue weighted by Crippen LogP contribution is -2.24. The van der Waals surface area contributed by atoms with Gasteiger partial charge in [-0.2, -0.15) is 0 Å². The first-order chi connectivity index (χ1) is 13.2. The van der Waals surface area contributed by atoms with E-state index in [9.17, 15) is 4.79 Å². The number of rotatable bonds is 8. The number of carbonyl (C=O) groups is 1. The summed E-state index contributed by atoms with van der Waals surface area (Å²) in [6.07, 6.45) is -0.627. The zero-order valence-electron chi connectivity index (χ0n) is 15.4. The van der Waals surface area contributed by atoms with Crippen LogP contribution in [0, 0.1) is 0 Å². The van der Waals surface area contributed by atoms with Crippen LogP contribution in [0.1, 0.15) is 22.8 Å². The Morgan fingerprint density at radius 2 is 1.48 bits per heavy atom. The van der Waals surface area contributed by atoms with Crippen LogP contribution in [0.4, 0.5) is 0 Å². The predicted octanol–water partition coefficient (Wildman–Crippen LogP) is 4.92. The second-order valence-electron chi connectivity index (χ2n) is 6.07. The maximum Gasteiger partial charge on any atom is 0.203 e.